The Balaban J connectivity index is 0.000000338. The molecule has 7 nitrogen and oxygen atoms in total. The molecule has 0 saturated carbocycles. The van der Waals surface area contributed by atoms with Gasteiger partial charge in [0.2, 0.25) is 0 Å². The molecule has 1 aromatic heterocycles. The molecule has 1 unspecified atom stereocenters. The number of aldehydes is 1. The number of hydrogen-bond acceptors (Lipinski definition) is 7. The van der Waals surface area contributed by atoms with E-state index in [4.69, 9.17) is 10.00 Å². The molecule has 2 heterocycles. The molecule has 1 aliphatic rings. The Morgan fingerprint density at radius 3 is 2.75 bits per heavy atom. The van der Waals surface area contributed by atoms with Crippen LogP contribution in [-0.2, 0) is 0 Å². The third-order valence-electron chi connectivity index (χ3n) is 6.15. The fourth-order valence-electron chi connectivity index (χ4n) is 4.15. The lowest BCUT2D eigenvalue weighted by Crippen LogP contribution is -2.42. The van der Waals surface area contributed by atoms with Crippen molar-refractivity contribution in [2.75, 3.05) is 46.2 Å². The quantitative estimate of drug-likeness (QED) is 0.369. The van der Waals surface area contributed by atoms with Crippen molar-refractivity contribution in [1.82, 2.24) is 15.2 Å². The fourth-order valence-corrected chi connectivity index (χ4v) is 4.15. The Morgan fingerprint density at radius 1 is 1.33 bits per heavy atom. The lowest BCUT2D eigenvalue weighted by molar-refractivity contribution is 0.111. The van der Waals surface area contributed by atoms with E-state index in [1.54, 1.807) is 7.11 Å². The first kappa shape index (κ1) is 26.8. The van der Waals surface area contributed by atoms with Crippen LogP contribution in [0.4, 0.5) is 10.1 Å². The highest BCUT2D eigenvalue weighted by atomic mass is 19.1. The van der Waals surface area contributed by atoms with Gasteiger partial charge >= 0.3 is 0 Å². The fraction of sp³-hybridized carbons (Fsp3) is 0.321. The van der Waals surface area contributed by atoms with E-state index >= 15 is 0 Å². The number of nitrogens with zero attached hydrogens (tertiary/aromatic N) is 3. The van der Waals surface area contributed by atoms with Gasteiger partial charge in [-0.25, -0.2) is 9.37 Å². The van der Waals surface area contributed by atoms with Gasteiger partial charge in [-0.1, -0.05) is 24.8 Å². The van der Waals surface area contributed by atoms with Gasteiger partial charge in [0.05, 0.1) is 24.6 Å². The van der Waals surface area contributed by atoms with Crippen molar-refractivity contribution in [3.05, 3.63) is 66.1 Å². The molecule has 0 radical (unpaired) electrons. The Kier molecular flexibility index (Phi) is 9.51. The molecule has 2 aromatic carbocycles. The second-order valence-corrected chi connectivity index (χ2v) is 8.72. The number of nitrogens with one attached hydrogen (secondary N) is 2. The number of hydrogen-bond donors (Lipinski definition) is 2. The standard InChI is InChI=1S/C21H16FN3O2.C7H16N2/c1-13(10-23)11-24-21-16-9-15(4-3-14(16)5-8-20(21)27-2)18-7-6-17(22)19(12-26)25-18;1-8-7-4-3-5-9(2)6-7/h3-9,12,24H,1,11H2,2H3;7-8H,3-6H2,1-2H3. The highest BCUT2D eigenvalue weighted by Gasteiger charge is 2.14. The van der Waals surface area contributed by atoms with E-state index in [2.05, 4.69) is 34.1 Å². The number of rotatable bonds is 7. The van der Waals surface area contributed by atoms with Crippen LogP contribution in [0.3, 0.4) is 0 Å². The van der Waals surface area contributed by atoms with Gasteiger partial charge in [-0.15, -0.1) is 0 Å². The third-order valence-corrected chi connectivity index (χ3v) is 6.15. The Bertz CT molecular complexity index is 1270. The third kappa shape index (κ3) is 6.66. The number of pyridine rings is 1. The van der Waals surface area contributed by atoms with E-state index in [-0.39, 0.29) is 12.2 Å². The maximum Gasteiger partial charge on any atom is 0.171 e. The Labute approximate surface area is 211 Å². The number of halogens is 1. The Morgan fingerprint density at radius 2 is 2.11 bits per heavy atom. The number of ether oxygens (including phenoxy) is 1. The van der Waals surface area contributed by atoms with Crippen LogP contribution in [0.1, 0.15) is 23.3 Å². The maximum absolute atomic E-state index is 13.6. The molecule has 3 aromatic rings. The molecule has 1 aliphatic heterocycles. The molecule has 1 atom stereocenters. The molecule has 1 fully saturated rings. The number of methoxy groups -OCH3 is 1. The van der Waals surface area contributed by atoms with Crippen molar-refractivity contribution in [1.29, 1.82) is 5.26 Å². The minimum Gasteiger partial charge on any atom is -0.495 e. The molecule has 8 heteroatoms. The number of nitriles is 1. The van der Waals surface area contributed by atoms with E-state index < -0.39 is 5.82 Å². The molecule has 1 saturated heterocycles. The van der Waals surface area contributed by atoms with E-state index in [1.807, 2.05) is 43.4 Å². The summed E-state index contributed by atoms with van der Waals surface area (Å²) in [5.74, 6) is -0.0420. The van der Waals surface area contributed by atoms with Crippen LogP contribution in [0.5, 0.6) is 5.75 Å². The van der Waals surface area contributed by atoms with Crippen LogP contribution in [0.15, 0.2) is 54.6 Å². The van der Waals surface area contributed by atoms with E-state index in [1.165, 1.54) is 38.1 Å². The summed E-state index contributed by atoms with van der Waals surface area (Å²) in [7, 11) is 5.79. The van der Waals surface area contributed by atoms with Gasteiger partial charge < -0.3 is 20.3 Å². The second kappa shape index (κ2) is 12.8. The molecular formula is C28H32FN5O2. The smallest absolute Gasteiger partial charge is 0.171 e. The summed E-state index contributed by atoms with van der Waals surface area (Å²) in [6, 6.07) is 14.9. The number of fused-ring (bicyclic) bond motifs is 1. The monoisotopic (exact) mass is 489 g/mol. The van der Waals surface area contributed by atoms with Crippen molar-refractivity contribution < 1.29 is 13.9 Å². The zero-order chi connectivity index (χ0) is 26.1. The zero-order valence-electron chi connectivity index (χ0n) is 21.0. The average molecular weight is 490 g/mol. The van der Waals surface area contributed by atoms with Crippen LogP contribution in [0.25, 0.3) is 22.0 Å². The molecule has 0 aliphatic carbocycles. The van der Waals surface area contributed by atoms with Crippen LogP contribution < -0.4 is 15.4 Å². The molecule has 4 rings (SSSR count). The van der Waals surface area contributed by atoms with Crippen molar-refractivity contribution in [3.8, 4) is 23.1 Å². The van der Waals surface area contributed by atoms with Gasteiger partial charge in [0.1, 0.15) is 11.4 Å². The number of anilines is 1. The minimum absolute atomic E-state index is 0.234. The number of aromatic nitrogens is 1. The lowest BCUT2D eigenvalue weighted by atomic mass is 10.0. The number of benzene rings is 2. The number of carbonyl (C=O) groups is 1. The van der Waals surface area contributed by atoms with Crippen molar-refractivity contribution in [3.63, 3.8) is 0 Å². The summed E-state index contributed by atoms with van der Waals surface area (Å²) < 4.78 is 19.0. The second-order valence-electron chi connectivity index (χ2n) is 8.72. The van der Waals surface area contributed by atoms with Gasteiger partial charge in [-0.2, -0.15) is 5.26 Å². The largest absolute Gasteiger partial charge is 0.495 e. The summed E-state index contributed by atoms with van der Waals surface area (Å²) in [6.45, 7) is 6.45. The normalized spacial score (nSPS) is 15.4. The summed E-state index contributed by atoms with van der Waals surface area (Å²) in [5.41, 5.74) is 2.07. The molecule has 0 spiro atoms. The number of likely N-dealkylation sites (tertiary alicyclic amines) is 1. The summed E-state index contributed by atoms with van der Waals surface area (Å²) >= 11 is 0. The topological polar surface area (TPSA) is 90.3 Å². The molecule has 0 bridgehead atoms. The molecule has 2 N–H and O–H groups in total. The highest BCUT2D eigenvalue weighted by Crippen LogP contribution is 2.35. The first-order chi connectivity index (χ1) is 17.4. The van der Waals surface area contributed by atoms with Crippen LogP contribution >= 0.6 is 0 Å². The predicted molar refractivity (Wildman–Crippen MR) is 142 cm³/mol. The van der Waals surface area contributed by atoms with Gasteiger partial charge in [0.25, 0.3) is 0 Å². The lowest BCUT2D eigenvalue weighted by Gasteiger charge is -2.29. The number of carbonyl (C=O) groups excluding carboxylic acids is 1. The van der Waals surface area contributed by atoms with E-state index in [0.29, 0.717) is 29.0 Å². The number of piperidine rings is 1. The summed E-state index contributed by atoms with van der Waals surface area (Å²) in [6.07, 6.45) is 3.09. The molecule has 36 heavy (non-hydrogen) atoms. The highest BCUT2D eigenvalue weighted by molar-refractivity contribution is 5.99. The van der Waals surface area contributed by atoms with Crippen molar-refractivity contribution >= 4 is 22.7 Å². The number of likely N-dealkylation sites (N-methyl/N-ethyl adjacent to an activating group) is 2. The van der Waals surface area contributed by atoms with Gasteiger partial charge in [-0.3, -0.25) is 4.79 Å². The molecule has 0 amide bonds. The Hall–Kier alpha value is -3.80. The molecule has 188 valence electrons. The average Bonchev–Trinajstić information content (AvgIpc) is 2.91. The van der Waals surface area contributed by atoms with Gasteiger partial charge in [0.15, 0.2) is 12.1 Å². The van der Waals surface area contributed by atoms with Gasteiger partial charge in [0, 0.05) is 35.7 Å². The van der Waals surface area contributed by atoms with Crippen LogP contribution in [0.2, 0.25) is 0 Å². The molecular weight excluding hydrogens is 457 g/mol. The summed E-state index contributed by atoms with van der Waals surface area (Å²) in [4.78, 5) is 17.4. The van der Waals surface area contributed by atoms with E-state index in [9.17, 15) is 9.18 Å². The van der Waals surface area contributed by atoms with Crippen LogP contribution in [-0.4, -0.2) is 63.1 Å². The van der Waals surface area contributed by atoms with Crippen LogP contribution in [0, 0.1) is 17.1 Å². The SMILES string of the molecule is C=C(C#N)CNc1c(OC)ccc2ccc(-c3ccc(F)c(C=O)n3)cc12.CNC1CCCN(C)C1. The zero-order valence-corrected chi connectivity index (χ0v) is 21.0. The van der Waals surface area contributed by atoms with Crippen molar-refractivity contribution in [2.24, 2.45) is 0 Å². The maximum atomic E-state index is 13.6. The first-order valence-corrected chi connectivity index (χ1v) is 11.8. The van der Waals surface area contributed by atoms with E-state index in [0.717, 1.165) is 22.4 Å². The predicted octanol–water partition coefficient (Wildman–Crippen LogP) is 4.65. The summed E-state index contributed by atoms with van der Waals surface area (Å²) in [5, 5.41) is 17.2. The minimum atomic E-state index is -0.659. The van der Waals surface area contributed by atoms with Crippen molar-refractivity contribution in [2.45, 2.75) is 18.9 Å². The van der Waals surface area contributed by atoms with Gasteiger partial charge in [-0.05, 0) is 63.1 Å². The first-order valence-electron chi connectivity index (χ1n) is 11.8.